The van der Waals surface area contributed by atoms with Crippen LogP contribution >= 0.6 is 0 Å². The summed E-state index contributed by atoms with van der Waals surface area (Å²) in [6.07, 6.45) is 9.21. The van der Waals surface area contributed by atoms with Crippen LogP contribution in [0, 0.1) is 0 Å². The fourth-order valence-electron chi connectivity index (χ4n) is 3.68. The first-order valence-electron chi connectivity index (χ1n) is 9.66. The van der Waals surface area contributed by atoms with Gasteiger partial charge in [0.05, 0.1) is 12.0 Å². The van der Waals surface area contributed by atoms with Crippen molar-refractivity contribution in [2.24, 2.45) is 12.8 Å². The monoisotopic (exact) mass is 392 g/mol. The summed E-state index contributed by atoms with van der Waals surface area (Å²) in [5.74, 6) is 0.879. The Balaban J connectivity index is 1.49. The summed E-state index contributed by atoms with van der Waals surface area (Å²) >= 11 is 0. The molecular formula is C21H24N6O2. The molecule has 0 bridgehead atoms. The lowest BCUT2D eigenvalue weighted by Gasteiger charge is -2.32. The van der Waals surface area contributed by atoms with Gasteiger partial charge >= 0.3 is 0 Å². The second-order valence-corrected chi connectivity index (χ2v) is 7.31. The van der Waals surface area contributed by atoms with Gasteiger partial charge in [-0.25, -0.2) is 9.97 Å². The molecule has 3 heterocycles. The number of hydrogen-bond acceptors (Lipinski definition) is 6. The molecule has 150 valence electrons. The fraction of sp³-hybridized carbons (Fsp3) is 0.333. The van der Waals surface area contributed by atoms with Crippen LogP contribution in [0.2, 0.25) is 0 Å². The van der Waals surface area contributed by atoms with Gasteiger partial charge in [0.15, 0.2) is 0 Å². The molecule has 2 N–H and O–H groups in total. The third-order valence-electron chi connectivity index (χ3n) is 5.24. The average Bonchev–Trinajstić information content (AvgIpc) is 3.13. The predicted molar refractivity (Wildman–Crippen MR) is 108 cm³/mol. The van der Waals surface area contributed by atoms with Gasteiger partial charge in [0, 0.05) is 50.2 Å². The van der Waals surface area contributed by atoms with Gasteiger partial charge in [-0.3, -0.25) is 14.7 Å². The highest BCUT2D eigenvalue weighted by molar-refractivity contribution is 5.92. The molecule has 1 atom stereocenters. The normalized spacial score (nSPS) is 17.2. The molecule has 0 radical (unpaired) electrons. The number of primary amides is 1. The molecule has 0 unspecified atom stereocenters. The number of amides is 1. The number of benzene rings is 1. The molecule has 0 saturated carbocycles. The Hall–Kier alpha value is -3.26. The maximum atomic E-state index is 11.2. The minimum Gasteiger partial charge on any atom is -0.437 e. The number of nitrogens with two attached hydrogens (primary N) is 1. The molecule has 1 aliphatic rings. The standard InChI is InChI=1S/C21H24N6O2/c1-26-14-23-11-17(26)13-27-10-2-3-16(12-27)19-21(25-9-8-24-19)29-18-6-4-15(5-7-18)20(22)28/h4-9,11,14,16H,2-3,10,12-13H2,1H3,(H2,22,28)/t16-/m1/s1. The molecule has 1 saturated heterocycles. The minimum atomic E-state index is -0.465. The van der Waals surface area contributed by atoms with Gasteiger partial charge in [0.1, 0.15) is 11.4 Å². The summed E-state index contributed by atoms with van der Waals surface area (Å²) < 4.78 is 8.05. The van der Waals surface area contributed by atoms with Gasteiger partial charge in [-0.1, -0.05) is 0 Å². The van der Waals surface area contributed by atoms with Gasteiger partial charge in [-0.2, -0.15) is 0 Å². The Labute approximate surface area is 169 Å². The largest absolute Gasteiger partial charge is 0.437 e. The maximum Gasteiger partial charge on any atom is 0.248 e. The van der Waals surface area contributed by atoms with E-state index in [2.05, 4.69) is 24.4 Å². The molecule has 3 aromatic rings. The van der Waals surface area contributed by atoms with Crippen molar-refractivity contribution in [1.82, 2.24) is 24.4 Å². The summed E-state index contributed by atoms with van der Waals surface area (Å²) in [4.78, 5) is 26.9. The maximum absolute atomic E-state index is 11.2. The average molecular weight is 392 g/mol. The van der Waals surface area contributed by atoms with E-state index in [1.807, 2.05) is 19.6 Å². The molecule has 8 heteroatoms. The topological polar surface area (TPSA) is 99.2 Å². The van der Waals surface area contributed by atoms with Gasteiger partial charge in [0.25, 0.3) is 0 Å². The number of likely N-dealkylation sites (tertiary alicyclic amines) is 1. The number of rotatable bonds is 6. The molecule has 1 aromatic carbocycles. The van der Waals surface area contributed by atoms with Gasteiger partial charge in [-0.05, 0) is 43.7 Å². The molecule has 1 aliphatic heterocycles. The molecular weight excluding hydrogens is 368 g/mol. The number of carbonyl (C=O) groups is 1. The molecule has 0 aliphatic carbocycles. The quantitative estimate of drug-likeness (QED) is 0.692. The van der Waals surface area contributed by atoms with Crippen molar-refractivity contribution in [3.05, 3.63) is 66.1 Å². The Morgan fingerprint density at radius 1 is 1.24 bits per heavy atom. The lowest BCUT2D eigenvalue weighted by molar-refractivity contribution is 0.100. The van der Waals surface area contributed by atoms with E-state index in [4.69, 9.17) is 10.5 Å². The van der Waals surface area contributed by atoms with Crippen LogP contribution in [0.4, 0.5) is 0 Å². The number of hydrogen-bond donors (Lipinski definition) is 1. The SMILES string of the molecule is Cn1cncc1CN1CCC[C@@H](c2nccnc2Oc2ccc(C(N)=O)cc2)C1. The van der Waals surface area contributed by atoms with Crippen LogP contribution in [0.25, 0.3) is 0 Å². The Kier molecular flexibility index (Phi) is 5.53. The van der Waals surface area contributed by atoms with Crippen LogP contribution in [0.3, 0.4) is 0 Å². The number of piperidine rings is 1. The number of carbonyl (C=O) groups excluding carboxylic acids is 1. The second-order valence-electron chi connectivity index (χ2n) is 7.31. The molecule has 0 spiro atoms. The van der Waals surface area contributed by atoms with Crippen LogP contribution in [0.1, 0.15) is 40.5 Å². The summed E-state index contributed by atoms with van der Waals surface area (Å²) in [7, 11) is 2.02. The van der Waals surface area contributed by atoms with E-state index < -0.39 is 5.91 Å². The Morgan fingerprint density at radius 3 is 2.76 bits per heavy atom. The molecule has 8 nitrogen and oxygen atoms in total. The van der Waals surface area contributed by atoms with Gasteiger partial charge < -0.3 is 15.0 Å². The second kappa shape index (κ2) is 8.40. The van der Waals surface area contributed by atoms with Gasteiger partial charge in [-0.15, -0.1) is 0 Å². The van der Waals surface area contributed by atoms with Crippen molar-refractivity contribution < 1.29 is 9.53 Å². The van der Waals surface area contributed by atoms with E-state index in [9.17, 15) is 4.79 Å². The first kappa shape index (κ1) is 19.1. The molecule has 1 fully saturated rings. The molecule has 1 amide bonds. The number of imidazole rings is 1. The zero-order valence-electron chi connectivity index (χ0n) is 16.4. The summed E-state index contributed by atoms with van der Waals surface area (Å²) in [6.45, 7) is 2.80. The lowest BCUT2D eigenvalue weighted by Crippen LogP contribution is -2.34. The minimum absolute atomic E-state index is 0.241. The molecule has 2 aromatic heterocycles. The number of aromatic nitrogens is 4. The van der Waals surface area contributed by atoms with E-state index in [1.165, 1.54) is 5.69 Å². The summed E-state index contributed by atoms with van der Waals surface area (Å²) in [5, 5.41) is 0. The predicted octanol–water partition coefficient (Wildman–Crippen LogP) is 2.48. The number of ether oxygens (including phenoxy) is 1. The zero-order valence-corrected chi connectivity index (χ0v) is 16.4. The van der Waals surface area contributed by atoms with E-state index in [0.717, 1.165) is 38.2 Å². The summed E-state index contributed by atoms with van der Waals surface area (Å²) in [6, 6.07) is 6.72. The van der Waals surface area contributed by atoms with Gasteiger partial charge in [0.2, 0.25) is 11.8 Å². The molecule has 4 rings (SSSR count). The van der Waals surface area contributed by atoms with Crippen LogP contribution < -0.4 is 10.5 Å². The smallest absolute Gasteiger partial charge is 0.248 e. The number of nitrogens with zero attached hydrogens (tertiary/aromatic N) is 5. The Bertz CT molecular complexity index is 985. The highest BCUT2D eigenvalue weighted by Crippen LogP contribution is 2.33. The van der Waals surface area contributed by atoms with Crippen molar-refractivity contribution in [3.63, 3.8) is 0 Å². The summed E-state index contributed by atoms with van der Waals surface area (Å²) in [5.41, 5.74) is 7.79. The van der Waals surface area contributed by atoms with Crippen molar-refractivity contribution in [2.75, 3.05) is 13.1 Å². The van der Waals surface area contributed by atoms with E-state index in [0.29, 0.717) is 17.2 Å². The first-order valence-corrected chi connectivity index (χ1v) is 9.66. The van der Waals surface area contributed by atoms with E-state index >= 15 is 0 Å². The first-order chi connectivity index (χ1) is 14.1. The zero-order chi connectivity index (χ0) is 20.2. The third-order valence-corrected chi connectivity index (χ3v) is 5.24. The van der Waals surface area contributed by atoms with Crippen LogP contribution in [0.15, 0.2) is 49.2 Å². The van der Waals surface area contributed by atoms with Crippen LogP contribution in [-0.4, -0.2) is 43.4 Å². The van der Waals surface area contributed by atoms with Crippen LogP contribution in [-0.2, 0) is 13.6 Å². The lowest BCUT2D eigenvalue weighted by atomic mass is 9.94. The highest BCUT2D eigenvalue weighted by atomic mass is 16.5. The fourth-order valence-corrected chi connectivity index (χ4v) is 3.68. The van der Waals surface area contributed by atoms with Crippen molar-refractivity contribution >= 4 is 5.91 Å². The number of aryl methyl sites for hydroxylation is 1. The third kappa shape index (κ3) is 4.43. The van der Waals surface area contributed by atoms with Crippen LogP contribution in [0.5, 0.6) is 11.6 Å². The van der Waals surface area contributed by atoms with Crippen molar-refractivity contribution in [3.8, 4) is 11.6 Å². The van der Waals surface area contributed by atoms with E-state index in [-0.39, 0.29) is 5.92 Å². The van der Waals surface area contributed by atoms with E-state index in [1.54, 1.807) is 36.7 Å². The highest BCUT2D eigenvalue weighted by Gasteiger charge is 2.26. The Morgan fingerprint density at radius 2 is 2.03 bits per heavy atom. The molecule has 29 heavy (non-hydrogen) atoms. The van der Waals surface area contributed by atoms with Crippen molar-refractivity contribution in [2.45, 2.75) is 25.3 Å². The van der Waals surface area contributed by atoms with Crippen molar-refractivity contribution in [1.29, 1.82) is 0 Å².